The van der Waals surface area contributed by atoms with Gasteiger partial charge >= 0.3 is 5.97 Å². The second-order valence-corrected chi connectivity index (χ2v) is 6.42. The van der Waals surface area contributed by atoms with Crippen LogP contribution in [0.25, 0.3) is 0 Å². The molecule has 0 atom stereocenters. The molecule has 0 aliphatic carbocycles. The maximum absolute atomic E-state index is 11.9. The number of rotatable bonds is 5. The Kier molecular flexibility index (Phi) is 5.62. The minimum Gasteiger partial charge on any atom is -0.465 e. The Hall–Kier alpha value is -2.62. The minimum absolute atomic E-state index is 0.0922. The van der Waals surface area contributed by atoms with Crippen LogP contribution in [0.1, 0.15) is 55.5 Å². The average Bonchev–Trinajstić information content (AvgIpc) is 2.53. The fourth-order valence-electron chi connectivity index (χ4n) is 3.34. The van der Waals surface area contributed by atoms with Gasteiger partial charge in [0.2, 0.25) is 0 Å². The van der Waals surface area contributed by atoms with Crippen LogP contribution in [0, 0.1) is 27.7 Å². The fourth-order valence-corrected chi connectivity index (χ4v) is 3.34. The van der Waals surface area contributed by atoms with Crippen molar-refractivity contribution in [2.24, 2.45) is 0 Å². The van der Waals surface area contributed by atoms with Crippen molar-refractivity contribution >= 4 is 17.4 Å². The third-order valence-corrected chi connectivity index (χ3v) is 4.58. The Morgan fingerprint density at radius 1 is 1.00 bits per heavy atom. The van der Waals surface area contributed by atoms with Crippen molar-refractivity contribution < 1.29 is 14.3 Å². The molecule has 4 nitrogen and oxygen atoms in total. The van der Waals surface area contributed by atoms with Gasteiger partial charge in [0.1, 0.15) is 0 Å². The normalized spacial score (nSPS) is 10.5. The fraction of sp³-hybridized carbons (Fsp3) is 0.333. The first-order chi connectivity index (χ1) is 11.8. The molecule has 0 aromatic heterocycles. The van der Waals surface area contributed by atoms with E-state index in [4.69, 9.17) is 4.74 Å². The summed E-state index contributed by atoms with van der Waals surface area (Å²) in [4.78, 5) is 23.6. The van der Waals surface area contributed by atoms with Gasteiger partial charge in [-0.3, -0.25) is 4.79 Å². The zero-order valence-electron chi connectivity index (χ0n) is 15.7. The van der Waals surface area contributed by atoms with Crippen LogP contribution in [0.15, 0.2) is 24.3 Å². The number of nitrogens with one attached hydrogen (secondary N) is 1. The number of hydrogen-bond acceptors (Lipinski definition) is 4. The summed E-state index contributed by atoms with van der Waals surface area (Å²) in [6.45, 7) is 10.1. The van der Waals surface area contributed by atoms with Gasteiger partial charge in [0.15, 0.2) is 5.78 Å². The zero-order valence-corrected chi connectivity index (χ0v) is 15.7. The van der Waals surface area contributed by atoms with Gasteiger partial charge in [-0.15, -0.1) is 0 Å². The molecule has 0 saturated heterocycles. The molecule has 2 aromatic rings. The summed E-state index contributed by atoms with van der Waals surface area (Å²) in [6, 6.07) is 7.62. The number of anilines is 1. The number of Topliss-reactive ketones (excluding diaryl/α,β-unsaturated/α-hetero) is 1. The van der Waals surface area contributed by atoms with Gasteiger partial charge in [0.05, 0.1) is 12.7 Å². The standard InChI is InChI=1S/C21H25NO3/c1-12-9-14(3)20(16(5)23)15(4)19(12)11-22-17-7-8-18(13(2)10-17)21(24)25-6/h7-10,22H,11H2,1-6H3. The molecule has 0 radical (unpaired) electrons. The SMILES string of the molecule is COC(=O)c1ccc(NCc2c(C)cc(C)c(C(C)=O)c2C)cc1C. The van der Waals surface area contributed by atoms with E-state index in [9.17, 15) is 9.59 Å². The Balaban J connectivity index is 2.28. The first-order valence-electron chi connectivity index (χ1n) is 8.29. The van der Waals surface area contributed by atoms with Crippen molar-refractivity contribution in [3.8, 4) is 0 Å². The lowest BCUT2D eigenvalue weighted by Crippen LogP contribution is -2.10. The summed E-state index contributed by atoms with van der Waals surface area (Å²) in [5, 5.41) is 3.39. The molecule has 2 aromatic carbocycles. The van der Waals surface area contributed by atoms with Crippen molar-refractivity contribution in [1.29, 1.82) is 0 Å². The number of esters is 1. The van der Waals surface area contributed by atoms with E-state index in [0.29, 0.717) is 12.1 Å². The average molecular weight is 339 g/mol. The number of carbonyl (C=O) groups is 2. The highest BCUT2D eigenvalue weighted by Gasteiger charge is 2.14. The molecule has 0 aliphatic heterocycles. The van der Waals surface area contributed by atoms with Gasteiger partial charge < -0.3 is 10.1 Å². The third kappa shape index (κ3) is 3.90. The van der Waals surface area contributed by atoms with E-state index < -0.39 is 0 Å². The summed E-state index contributed by atoms with van der Waals surface area (Å²) in [5.41, 5.74) is 7.49. The van der Waals surface area contributed by atoms with Gasteiger partial charge in [-0.05, 0) is 80.6 Å². The second-order valence-electron chi connectivity index (χ2n) is 6.42. The second kappa shape index (κ2) is 7.51. The summed E-state index contributed by atoms with van der Waals surface area (Å²) in [5.74, 6) is -0.241. The van der Waals surface area contributed by atoms with Crippen LogP contribution in [-0.2, 0) is 11.3 Å². The van der Waals surface area contributed by atoms with E-state index in [1.165, 1.54) is 7.11 Å². The first kappa shape index (κ1) is 18.7. The third-order valence-electron chi connectivity index (χ3n) is 4.58. The highest BCUT2D eigenvalue weighted by molar-refractivity contribution is 5.97. The van der Waals surface area contributed by atoms with Crippen LogP contribution in [0.5, 0.6) is 0 Å². The number of carbonyl (C=O) groups excluding carboxylic acids is 2. The highest BCUT2D eigenvalue weighted by atomic mass is 16.5. The Bertz CT molecular complexity index is 838. The lowest BCUT2D eigenvalue weighted by atomic mass is 9.91. The maximum Gasteiger partial charge on any atom is 0.338 e. The Morgan fingerprint density at radius 3 is 2.24 bits per heavy atom. The first-order valence-corrected chi connectivity index (χ1v) is 8.29. The van der Waals surface area contributed by atoms with E-state index in [1.54, 1.807) is 13.0 Å². The molecule has 1 N–H and O–H groups in total. The van der Waals surface area contributed by atoms with E-state index in [1.807, 2.05) is 32.9 Å². The zero-order chi connectivity index (χ0) is 18.7. The molecular formula is C21H25NO3. The molecule has 0 fully saturated rings. The monoisotopic (exact) mass is 339 g/mol. The van der Waals surface area contributed by atoms with Crippen LogP contribution in [0.2, 0.25) is 0 Å². The summed E-state index contributed by atoms with van der Waals surface area (Å²) < 4.78 is 4.77. The predicted molar refractivity (Wildman–Crippen MR) is 101 cm³/mol. The number of benzene rings is 2. The van der Waals surface area contributed by atoms with Crippen molar-refractivity contribution in [2.75, 3.05) is 12.4 Å². The minimum atomic E-state index is -0.333. The van der Waals surface area contributed by atoms with Crippen LogP contribution in [-0.4, -0.2) is 18.9 Å². The molecular weight excluding hydrogens is 314 g/mol. The molecule has 0 spiro atoms. The van der Waals surface area contributed by atoms with Crippen LogP contribution in [0.3, 0.4) is 0 Å². The number of methoxy groups -OCH3 is 1. The topological polar surface area (TPSA) is 55.4 Å². The molecule has 0 heterocycles. The molecule has 0 amide bonds. The molecule has 0 bridgehead atoms. The quantitative estimate of drug-likeness (QED) is 0.643. The highest BCUT2D eigenvalue weighted by Crippen LogP contribution is 2.24. The summed E-state index contributed by atoms with van der Waals surface area (Å²) >= 11 is 0. The summed E-state index contributed by atoms with van der Waals surface area (Å²) in [6.07, 6.45) is 0. The van der Waals surface area contributed by atoms with Crippen LogP contribution >= 0.6 is 0 Å². The number of hydrogen-bond donors (Lipinski definition) is 1. The Morgan fingerprint density at radius 2 is 1.68 bits per heavy atom. The van der Waals surface area contributed by atoms with Crippen molar-refractivity contribution in [2.45, 2.75) is 41.2 Å². The van der Waals surface area contributed by atoms with Gasteiger partial charge in [0, 0.05) is 17.8 Å². The van der Waals surface area contributed by atoms with Gasteiger partial charge in [-0.2, -0.15) is 0 Å². The largest absolute Gasteiger partial charge is 0.465 e. The lowest BCUT2D eigenvalue weighted by Gasteiger charge is -2.17. The maximum atomic E-state index is 11.9. The Labute approximate surface area is 149 Å². The van der Waals surface area contributed by atoms with Crippen molar-refractivity contribution in [1.82, 2.24) is 0 Å². The molecule has 0 saturated carbocycles. The molecule has 2 rings (SSSR count). The van der Waals surface area contributed by atoms with Crippen LogP contribution in [0.4, 0.5) is 5.69 Å². The molecule has 0 aliphatic rings. The van der Waals surface area contributed by atoms with E-state index in [-0.39, 0.29) is 11.8 Å². The van der Waals surface area contributed by atoms with E-state index in [2.05, 4.69) is 18.3 Å². The number of ketones is 1. The van der Waals surface area contributed by atoms with Gasteiger partial charge in [-0.1, -0.05) is 6.07 Å². The molecule has 132 valence electrons. The smallest absolute Gasteiger partial charge is 0.338 e. The summed E-state index contributed by atoms with van der Waals surface area (Å²) in [7, 11) is 1.38. The van der Waals surface area contributed by atoms with Crippen molar-refractivity contribution in [3.05, 3.63) is 63.2 Å². The van der Waals surface area contributed by atoms with E-state index >= 15 is 0 Å². The van der Waals surface area contributed by atoms with Gasteiger partial charge in [-0.25, -0.2) is 4.79 Å². The van der Waals surface area contributed by atoms with E-state index in [0.717, 1.165) is 39.1 Å². The lowest BCUT2D eigenvalue weighted by molar-refractivity contribution is 0.0600. The predicted octanol–water partition coefficient (Wildman–Crippen LogP) is 4.52. The molecule has 25 heavy (non-hydrogen) atoms. The van der Waals surface area contributed by atoms with Crippen molar-refractivity contribution in [3.63, 3.8) is 0 Å². The van der Waals surface area contributed by atoms with Crippen LogP contribution < -0.4 is 5.32 Å². The molecule has 4 heteroatoms. The number of ether oxygens (including phenoxy) is 1. The number of aryl methyl sites for hydroxylation is 3. The van der Waals surface area contributed by atoms with Gasteiger partial charge in [0.25, 0.3) is 0 Å². The molecule has 0 unspecified atom stereocenters.